The quantitative estimate of drug-likeness (QED) is 0.761. The van der Waals surface area contributed by atoms with Crippen molar-refractivity contribution in [3.63, 3.8) is 0 Å². The molecule has 2 aliphatic carbocycles. The van der Waals surface area contributed by atoms with E-state index in [0.29, 0.717) is 6.04 Å². The summed E-state index contributed by atoms with van der Waals surface area (Å²) in [7, 11) is 0. The first-order chi connectivity index (χ1) is 11.9. The Labute approximate surface area is 151 Å². The third-order valence-corrected chi connectivity index (χ3v) is 5.90. The van der Waals surface area contributed by atoms with Gasteiger partial charge in [0.15, 0.2) is 0 Å². The van der Waals surface area contributed by atoms with Gasteiger partial charge in [0.1, 0.15) is 5.82 Å². The zero-order valence-electron chi connectivity index (χ0n) is 15.8. The molecular weight excluding hydrogens is 314 g/mol. The van der Waals surface area contributed by atoms with Crippen molar-refractivity contribution in [1.29, 1.82) is 0 Å². The zero-order valence-corrected chi connectivity index (χ0v) is 15.8. The van der Waals surface area contributed by atoms with Crippen molar-refractivity contribution in [3.8, 4) is 0 Å². The van der Waals surface area contributed by atoms with Crippen molar-refractivity contribution in [2.24, 2.45) is 11.8 Å². The second-order valence-corrected chi connectivity index (χ2v) is 8.89. The van der Waals surface area contributed by atoms with E-state index in [1.54, 1.807) is 0 Å². The fourth-order valence-electron chi connectivity index (χ4n) is 4.44. The van der Waals surface area contributed by atoms with Crippen LogP contribution in [0, 0.1) is 11.8 Å². The van der Waals surface area contributed by atoms with Gasteiger partial charge in [-0.3, -0.25) is 0 Å². The van der Waals surface area contributed by atoms with E-state index in [0.717, 1.165) is 24.4 Å². The van der Waals surface area contributed by atoms with E-state index in [4.69, 9.17) is 4.98 Å². The lowest BCUT2D eigenvalue weighted by Gasteiger charge is -2.27. The molecule has 0 amide bonds. The van der Waals surface area contributed by atoms with Crippen LogP contribution in [0.25, 0.3) is 0 Å². The van der Waals surface area contributed by atoms with Crippen LogP contribution in [-0.4, -0.2) is 45.0 Å². The molecule has 2 saturated carbocycles. The van der Waals surface area contributed by atoms with Crippen molar-refractivity contribution in [3.05, 3.63) is 23.8 Å². The summed E-state index contributed by atoms with van der Waals surface area (Å²) in [4.78, 5) is 9.18. The Bertz CT molecular complexity index is 566. The molecule has 3 rings (SSSR count). The number of hydrogen-bond acceptors (Lipinski definition) is 5. The van der Waals surface area contributed by atoms with Crippen molar-refractivity contribution in [1.82, 2.24) is 15.3 Å². The summed E-state index contributed by atoms with van der Waals surface area (Å²) < 4.78 is 0. The average molecular weight is 348 g/mol. The fourth-order valence-corrected chi connectivity index (χ4v) is 4.44. The van der Waals surface area contributed by atoms with Gasteiger partial charge in [-0.1, -0.05) is 33.6 Å². The van der Waals surface area contributed by atoms with Crippen molar-refractivity contribution in [2.45, 2.75) is 82.9 Å². The molecule has 0 aromatic carbocycles. The second-order valence-electron chi connectivity index (χ2n) is 8.89. The molecule has 5 heteroatoms. The van der Waals surface area contributed by atoms with Gasteiger partial charge in [0.05, 0.1) is 6.10 Å². The monoisotopic (exact) mass is 347 g/mol. The van der Waals surface area contributed by atoms with E-state index in [2.05, 4.69) is 31.1 Å². The predicted octanol–water partition coefficient (Wildman–Crippen LogP) is 2.21. The van der Waals surface area contributed by atoms with E-state index in [1.807, 2.05) is 12.3 Å². The summed E-state index contributed by atoms with van der Waals surface area (Å²) in [5.41, 5.74) is 0.930. The maximum absolute atomic E-state index is 10.4. The molecule has 1 heterocycles. The topological polar surface area (TPSA) is 78.3 Å². The Morgan fingerprint density at radius 3 is 2.56 bits per heavy atom. The number of aliphatic hydroxyl groups excluding tert-OH is 2. The normalized spacial score (nSPS) is 30.9. The van der Waals surface area contributed by atoms with Crippen molar-refractivity contribution < 1.29 is 10.2 Å². The van der Waals surface area contributed by atoms with Gasteiger partial charge in [0.25, 0.3) is 0 Å². The van der Waals surface area contributed by atoms with E-state index in [9.17, 15) is 10.2 Å². The molecule has 1 aromatic rings. The largest absolute Gasteiger partial charge is 0.396 e. The molecule has 0 radical (unpaired) electrons. The molecule has 0 aliphatic heterocycles. The highest BCUT2D eigenvalue weighted by Crippen LogP contribution is 2.36. The van der Waals surface area contributed by atoms with Gasteiger partial charge in [-0.25, -0.2) is 9.97 Å². The smallest absolute Gasteiger partial charge is 0.133 e. The van der Waals surface area contributed by atoms with E-state index in [1.165, 1.54) is 25.7 Å². The standard InChI is InChI=1S/C20H33N3O2/c1-20(2,3)19-21-9-8-14(23-19)10-15-16(12-24)18(25)11-17(15)22-13-6-4-5-7-13/h8-9,13,15-18,22,24-25H,4-7,10-12H2,1-3H3. The first kappa shape index (κ1) is 18.7. The summed E-state index contributed by atoms with van der Waals surface area (Å²) in [6.07, 6.45) is 7.95. The lowest BCUT2D eigenvalue weighted by atomic mass is 9.88. The van der Waals surface area contributed by atoms with Crippen molar-refractivity contribution in [2.75, 3.05) is 6.61 Å². The van der Waals surface area contributed by atoms with Crippen LogP contribution in [0.4, 0.5) is 0 Å². The lowest BCUT2D eigenvalue weighted by molar-refractivity contribution is 0.0715. The number of nitrogens with zero attached hydrogens (tertiary/aromatic N) is 2. The Morgan fingerprint density at radius 1 is 1.20 bits per heavy atom. The Morgan fingerprint density at radius 2 is 1.92 bits per heavy atom. The molecule has 2 fully saturated rings. The molecule has 2 aliphatic rings. The summed E-state index contributed by atoms with van der Waals surface area (Å²) in [6, 6.07) is 2.79. The first-order valence-corrected chi connectivity index (χ1v) is 9.76. The molecule has 0 saturated heterocycles. The van der Waals surface area contributed by atoms with Gasteiger partial charge >= 0.3 is 0 Å². The number of hydrogen-bond donors (Lipinski definition) is 3. The highest BCUT2D eigenvalue weighted by atomic mass is 16.3. The SMILES string of the molecule is CC(C)(C)c1nccc(CC2C(NC3CCCC3)CC(O)C2CO)n1. The molecule has 4 atom stereocenters. The summed E-state index contributed by atoms with van der Waals surface area (Å²) in [5, 5.41) is 24.0. The van der Waals surface area contributed by atoms with Gasteiger partial charge in [-0.2, -0.15) is 0 Å². The number of aliphatic hydroxyl groups is 2. The molecule has 4 unspecified atom stereocenters. The van der Waals surface area contributed by atoms with Crippen LogP contribution in [0.5, 0.6) is 0 Å². The highest BCUT2D eigenvalue weighted by molar-refractivity contribution is 5.11. The minimum absolute atomic E-state index is 0.0336. The Hall–Kier alpha value is -1.04. The van der Waals surface area contributed by atoms with Gasteiger partial charge in [-0.05, 0) is 37.7 Å². The molecule has 0 spiro atoms. The van der Waals surface area contributed by atoms with Gasteiger partial charge < -0.3 is 15.5 Å². The van der Waals surface area contributed by atoms with Crippen LogP contribution < -0.4 is 5.32 Å². The van der Waals surface area contributed by atoms with Gasteiger partial charge in [0, 0.05) is 41.9 Å². The maximum Gasteiger partial charge on any atom is 0.133 e. The van der Waals surface area contributed by atoms with Crippen LogP contribution in [0.15, 0.2) is 12.3 Å². The summed E-state index contributed by atoms with van der Waals surface area (Å²) in [5.74, 6) is 0.986. The fraction of sp³-hybridized carbons (Fsp3) is 0.800. The van der Waals surface area contributed by atoms with E-state index in [-0.39, 0.29) is 29.9 Å². The number of aromatic nitrogens is 2. The predicted molar refractivity (Wildman–Crippen MR) is 98.3 cm³/mol. The summed E-state index contributed by atoms with van der Waals surface area (Å²) in [6.45, 7) is 6.39. The van der Waals surface area contributed by atoms with Crippen LogP contribution >= 0.6 is 0 Å². The minimum Gasteiger partial charge on any atom is -0.396 e. The molecule has 5 nitrogen and oxygen atoms in total. The van der Waals surface area contributed by atoms with Gasteiger partial charge in [0.2, 0.25) is 0 Å². The molecule has 1 aromatic heterocycles. The lowest BCUT2D eigenvalue weighted by Crippen LogP contribution is -2.41. The number of rotatable bonds is 5. The Balaban J connectivity index is 1.76. The van der Waals surface area contributed by atoms with E-state index >= 15 is 0 Å². The molecule has 3 N–H and O–H groups in total. The third kappa shape index (κ3) is 4.39. The number of nitrogens with one attached hydrogen (secondary N) is 1. The van der Waals surface area contributed by atoms with Crippen LogP contribution in [0.2, 0.25) is 0 Å². The van der Waals surface area contributed by atoms with E-state index < -0.39 is 6.10 Å². The molecule has 0 bridgehead atoms. The molecule has 140 valence electrons. The highest BCUT2D eigenvalue weighted by Gasteiger charge is 2.43. The zero-order chi connectivity index (χ0) is 18.0. The third-order valence-electron chi connectivity index (χ3n) is 5.90. The first-order valence-electron chi connectivity index (χ1n) is 9.76. The molecule has 25 heavy (non-hydrogen) atoms. The minimum atomic E-state index is -0.433. The van der Waals surface area contributed by atoms with Crippen LogP contribution in [0.3, 0.4) is 0 Å². The average Bonchev–Trinajstić information content (AvgIpc) is 3.16. The molecular formula is C20H33N3O2. The van der Waals surface area contributed by atoms with Crippen LogP contribution in [0.1, 0.15) is 64.4 Å². The Kier molecular flexibility index (Phi) is 5.76. The van der Waals surface area contributed by atoms with Crippen molar-refractivity contribution >= 4 is 0 Å². The van der Waals surface area contributed by atoms with Gasteiger partial charge in [-0.15, -0.1) is 0 Å². The summed E-state index contributed by atoms with van der Waals surface area (Å²) >= 11 is 0. The second kappa shape index (κ2) is 7.68. The van der Waals surface area contributed by atoms with Crippen LogP contribution in [-0.2, 0) is 11.8 Å². The maximum atomic E-state index is 10.4.